The Labute approximate surface area is 123 Å². The fourth-order valence-electron chi connectivity index (χ4n) is 2.07. The number of nitro groups is 1. The largest absolute Gasteiger partial charge is 0.354 e. The van der Waals surface area contributed by atoms with Crippen LogP contribution in [-0.2, 0) is 11.2 Å². The van der Waals surface area contributed by atoms with Crippen LogP contribution in [-0.4, -0.2) is 22.9 Å². The topological polar surface area (TPSA) is 98.3 Å². The summed E-state index contributed by atoms with van der Waals surface area (Å²) in [6, 6.07) is 6.00. The van der Waals surface area contributed by atoms with Crippen molar-refractivity contribution in [1.29, 1.82) is 0 Å². The lowest BCUT2D eigenvalue weighted by atomic mass is 9.78. The fourth-order valence-corrected chi connectivity index (χ4v) is 2.07. The second kappa shape index (κ2) is 6.67. The first-order valence-corrected chi connectivity index (χ1v) is 6.27. The van der Waals surface area contributed by atoms with Crippen molar-refractivity contribution in [3.63, 3.8) is 0 Å². The summed E-state index contributed by atoms with van der Waals surface area (Å²) < 4.78 is 0. The monoisotopic (exact) mass is 299 g/mol. The second-order valence-corrected chi connectivity index (χ2v) is 5.09. The number of carbonyl (C=O) groups excluding carboxylic acids is 1. The molecule has 0 radical (unpaired) electrons. The van der Waals surface area contributed by atoms with Gasteiger partial charge in [-0.2, -0.15) is 0 Å². The van der Waals surface area contributed by atoms with Crippen LogP contribution in [0, 0.1) is 10.1 Å². The molecule has 0 bridgehead atoms. The van der Waals surface area contributed by atoms with Gasteiger partial charge in [-0.05, 0) is 24.8 Å². The summed E-state index contributed by atoms with van der Waals surface area (Å²) in [4.78, 5) is 21.8. The average molecular weight is 300 g/mol. The Bertz CT molecular complexity index is 486. The average Bonchev–Trinajstić information content (AvgIpc) is 2.35. The maximum Gasteiger partial charge on any atom is 0.269 e. The maximum atomic E-state index is 11.7. The lowest BCUT2D eigenvalue weighted by molar-refractivity contribution is -0.384. The van der Waals surface area contributed by atoms with E-state index in [0.29, 0.717) is 6.54 Å². The molecule has 20 heavy (non-hydrogen) atoms. The number of carbonyl (C=O) groups is 1. The highest BCUT2D eigenvalue weighted by molar-refractivity contribution is 5.85. The number of nitrogens with zero attached hydrogens (tertiary/aromatic N) is 1. The zero-order chi connectivity index (χ0) is 13.9. The third-order valence-corrected chi connectivity index (χ3v) is 3.50. The first-order valence-electron chi connectivity index (χ1n) is 6.27. The molecule has 7 heteroatoms. The van der Waals surface area contributed by atoms with Gasteiger partial charge in [-0.15, -0.1) is 12.4 Å². The van der Waals surface area contributed by atoms with Gasteiger partial charge in [0.15, 0.2) is 0 Å². The van der Waals surface area contributed by atoms with E-state index >= 15 is 0 Å². The van der Waals surface area contributed by atoms with Crippen LogP contribution in [0.5, 0.6) is 0 Å². The Morgan fingerprint density at radius 2 is 1.95 bits per heavy atom. The number of nitro benzene ring substituents is 1. The number of amides is 1. The van der Waals surface area contributed by atoms with Gasteiger partial charge in [0.1, 0.15) is 0 Å². The van der Waals surface area contributed by atoms with Gasteiger partial charge in [-0.3, -0.25) is 14.9 Å². The molecule has 1 aliphatic carbocycles. The summed E-state index contributed by atoms with van der Waals surface area (Å²) in [6.45, 7) is 0.499. The molecule has 1 aromatic carbocycles. The summed E-state index contributed by atoms with van der Waals surface area (Å²) >= 11 is 0. The van der Waals surface area contributed by atoms with Crippen molar-refractivity contribution in [3.8, 4) is 0 Å². The Hall–Kier alpha value is -1.66. The number of non-ortho nitro benzene ring substituents is 1. The molecule has 1 amide bonds. The quantitative estimate of drug-likeness (QED) is 0.636. The van der Waals surface area contributed by atoms with Gasteiger partial charge in [-0.25, -0.2) is 0 Å². The fraction of sp³-hybridized carbons (Fsp3) is 0.462. The molecule has 110 valence electrons. The zero-order valence-corrected chi connectivity index (χ0v) is 11.8. The Balaban J connectivity index is 0.00000200. The Morgan fingerprint density at radius 3 is 2.40 bits per heavy atom. The number of benzene rings is 1. The molecule has 1 aromatic rings. The lowest BCUT2D eigenvalue weighted by Gasteiger charge is -2.38. The predicted octanol–water partition coefficient (Wildman–Crippen LogP) is 1.56. The minimum atomic E-state index is -0.460. The van der Waals surface area contributed by atoms with Crippen LogP contribution in [0.15, 0.2) is 24.3 Å². The van der Waals surface area contributed by atoms with Gasteiger partial charge >= 0.3 is 0 Å². The lowest BCUT2D eigenvalue weighted by Crippen LogP contribution is -2.55. The highest BCUT2D eigenvalue weighted by Gasteiger charge is 2.32. The van der Waals surface area contributed by atoms with Crippen molar-refractivity contribution >= 4 is 24.0 Å². The van der Waals surface area contributed by atoms with Crippen molar-refractivity contribution in [2.45, 2.75) is 31.2 Å². The van der Waals surface area contributed by atoms with Gasteiger partial charge in [0.25, 0.3) is 5.69 Å². The van der Waals surface area contributed by atoms with Gasteiger partial charge < -0.3 is 11.1 Å². The van der Waals surface area contributed by atoms with Crippen LogP contribution >= 0.6 is 12.4 Å². The second-order valence-electron chi connectivity index (χ2n) is 5.09. The zero-order valence-electron chi connectivity index (χ0n) is 11.0. The van der Waals surface area contributed by atoms with E-state index in [0.717, 1.165) is 24.8 Å². The van der Waals surface area contributed by atoms with E-state index in [9.17, 15) is 14.9 Å². The maximum absolute atomic E-state index is 11.7. The molecule has 1 aliphatic rings. The molecule has 0 spiro atoms. The first-order chi connectivity index (χ1) is 8.98. The van der Waals surface area contributed by atoms with Gasteiger partial charge in [0, 0.05) is 24.2 Å². The summed E-state index contributed by atoms with van der Waals surface area (Å²) in [5, 5.41) is 13.3. The predicted molar refractivity (Wildman–Crippen MR) is 77.8 cm³/mol. The minimum absolute atomic E-state index is 0. The van der Waals surface area contributed by atoms with E-state index in [1.54, 1.807) is 12.1 Å². The van der Waals surface area contributed by atoms with Gasteiger partial charge in [0.2, 0.25) is 5.91 Å². The molecule has 0 aromatic heterocycles. The number of rotatable bonds is 5. The van der Waals surface area contributed by atoms with Crippen molar-refractivity contribution in [2.24, 2.45) is 5.73 Å². The number of hydrogen-bond donors (Lipinski definition) is 2. The third kappa shape index (κ3) is 4.18. The number of nitrogens with one attached hydrogen (secondary N) is 1. The standard InChI is InChI=1S/C13H17N3O3.ClH/c14-13(6-1-7-13)9-15-12(17)8-10-2-4-11(5-3-10)16(18)19;/h2-5H,1,6-9,14H2,(H,15,17);1H. The molecule has 1 fully saturated rings. The highest BCUT2D eigenvalue weighted by atomic mass is 35.5. The third-order valence-electron chi connectivity index (χ3n) is 3.50. The molecule has 0 aliphatic heterocycles. The molecule has 1 saturated carbocycles. The van der Waals surface area contributed by atoms with Crippen LogP contribution in [0.4, 0.5) is 5.69 Å². The number of nitrogens with two attached hydrogens (primary N) is 1. The number of halogens is 1. The van der Waals surface area contributed by atoms with Gasteiger partial charge in [0.05, 0.1) is 11.3 Å². The van der Waals surface area contributed by atoms with Crippen LogP contribution < -0.4 is 11.1 Å². The molecule has 0 unspecified atom stereocenters. The molecule has 0 heterocycles. The summed E-state index contributed by atoms with van der Waals surface area (Å²) in [6.07, 6.45) is 3.23. The molecular formula is C13H18ClN3O3. The smallest absolute Gasteiger partial charge is 0.269 e. The summed E-state index contributed by atoms with van der Waals surface area (Å²) in [5.74, 6) is -0.106. The summed E-state index contributed by atoms with van der Waals surface area (Å²) in [5.41, 5.74) is 6.56. The van der Waals surface area contributed by atoms with E-state index < -0.39 is 4.92 Å². The van der Waals surface area contributed by atoms with Crippen molar-refractivity contribution < 1.29 is 9.72 Å². The van der Waals surface area contributed by atoms with Crippen molar-refractivity contribution in [2.75, 3.05) is 6.54 Å². The SMILES string of the molecule is Cl.NC1(CNC(=O)Cc2ccc([N+](=O)[O-])cc2)CCC1. The van der Waals surface area contributed by atoms with Crippen LogP contribution in [0.1, 0.15) is 24.8 Å². The van der Waals surface area contributed by atoms with E-state index in [1.807, 2.05) is 0 Å². The molecule has 3 N–H and O–H groups in total. The summed E-state index contributed by atoms with van der Waals surface area (Å²) in [7, 11) is 0. The first kappa shape index (κ1) is 16.4. The Kier molecular flexibility index (Phi) is 5.47. The molecular weight excluding hydrogens is 282 g/mol. The minimum Gasteiger partial charge on any atom is -0.354 e. The van der Waals surface area contributed by atoms with E-state index in [2.05, 4.69) is 5.32 Å². The molecule has 6 nitrogen and oxygen atoms in total. The van der Waals surface area contributed by atoms with E-state index in [1.165, 1.54) is 12.1 Å². The molecule has 0 saturated heterocycles. The molecule has 0 atom stereocenters. The number of hydrogen-bond acceptors (Lipinski definition) is 4. The van der Waals surface area contributed by atoms with Gasteiger partial charge in [-0.1, -0.05) is 12.1 Å². The Morgan fingerprint density at radius 1 is 1.35 bits per heavy atom. The van der Waals surface area contributed by atoms with E-state index in [4.69, 9.17) is 5.73 Å². The van der Waals surface area contributed by atoms with Crippen molar-refractivity contribution in [3.05, 3.63) is 39.9 Å². The highest BCUT2D eigenvalue weighted by Crippen LogP contribution is 2.28. The van der Waals surface area contributed by atoms with Crippen molar-refractivity contribution in [1.82, 2.24) is 5.32 Å². The normalized spacial score (nSPS) is 15.7. The van der Waals surface area contributed by atoms with Crippen LogP contribution in [0.2, 0.25) is 0 Å². The van der Waals surface area contributed by atoms with E-state index in [-0.39, 0.29) is 36.0 Å². The van der Waals surface area contributed by atoms with Crippen LogP contribution in [0.3, 0.4) is 0 Å². The van der Waals surface area contributed by atoms with Crippen LogP contribution in [0.25, 0.3) is 0 Å². The molecule has 2 rings (SSSR count).